The number of H-pyrrole nitrogens is 1. The van der Waals surface area contributed by atoms with Crippen molar-refractivity contribution in [3.8, 4) is 23.0 Å². The Kier molecular flexibility index (Phi) is 3.51. The van der Waals surface area contributed by atoms with Gasteiger partial charge >= 0.3 is 6.18 Å². The van der Waals surface area contributed by atoms with E-state index in [1.165, 1.54) is 6.07 Å². The molecule has 0 radical (unpaired) electrons. The number of nitrogens with zero attached hydrogens (tertiary/aromatic N) is 4. The molecule has 0 aliphatic heterocycles. The topological polar surface area (TPSA) is 70.3 Å². The lowest BCUT2D eigenvalue weighted by Gasteiger charge is -2.11. The average Bonchev–Trinajstić information content (AvgIpc) is 3.27. The SMILES string of the molecule is N#Cc1n[nH]nc1-c1cccc2c1ccn2-c1cccc(C(F)(F)F)c1. The maximum absolute atomic E-state index is 13.0. The number of hydrogen-bond donors (Lipinski definition) is 1. The molecule has 8 heteroatoms. The number of fused-ring (bicyclic) bond motifs is 1. The van der Waals surface area contributed by atoms with Crippen LogP contribution in [0.25, 0.3) is 27.8 Å². The highest BCUT2D eigenvalue weighted by atomic mass is 19.4. The lowest BCUT2D eigenvalue weighted by Crippen LogP contribution is -2.05. The molecule has 2 aromatic carbocycles. The van der Waals surface area contributed by atoms with Crippen LogP contribution < -0.4 is 0 Å². The van der Waals surface area contributed by atoms with Crippen LogP contribution >= 0.6 is 0 Å². The van der Waals surface area contributed by atoms with E-state index in [-0.39, 0.29) is 5.69 Å². The minimum Gasteiger partial charge on any atom is -0.317 e. The average molecular weight is 353 g/mol. The van der Waals surface area contributed by atoms with E-state index in [9.17, 15) is 13.2 Å². The Morgan fingerprint density at radius 2 is 1.85 bits per heavy atom. The zero-order valence-corrected chi connectivity index (χ0v) is 13.1. The summed E-state index contributed by atoms with van der Waals surface area (Å²) in [4.78, 5) is 0. The summed E-state index contributed by atoms with van der Waals surface area (Å²) in [6.45, 7) is 0. The van der Waals surface area contributed by atoms with E-state index in [4.69, 9.17) is 5.26 Å². The molecule has 0 amide bonds. The number of hydrogen-bond acceptors (Lipinski definition) is 3. The van der Waals surface area contributed by atoms with E-state index in [1.54, 1.807) is 41.1 Å². The molecule has 2 aromatic heterocycles. The van der Waals surface area contributed by atoms with E-state index in [1.807, 2.05) is 6.07 Å². The summed E-state index contributed by atoms with van der Waals surface area (Å²) >= 11 is 0. The number of benzene rings is 2. The van der Waals surface area contributed by atoms with Gasteiger partial charge in [-0.05, 0) is 30.3 Å². The predicted molar refractivity (Wildman–Crippen MR) is 88.4 cm³/mol. The first kappa shape index (κ1) is 15.9. The molecule has 0 bridgehead atoms. The Morgan fingerprint density at radius 3 is 2.62 bits per heavy atom. The first-order chi connectivity index (χ1) is 12.5. The van der Waals surface area contributed by atoms with Gasteiger partial charge < -0.3 is 4.57 Å². The van der Waals surface area contributed by atoms with Crippen LogP contribution in [0.5, 0.6) is 0 Å². The highest BCUT2D eigenvalue weighted by Crippen LogP contribution is 2.33. The third-order valence-electron chi connectivity index (χ3n) is 4.09. The zero-order valence-electron chi connectivity index (χ0n) is 13.1. The molecule has 1 N–H and O–H groups in total. The van der Waals surface area contributed by atoms with E-state index < -0.39 is 11.7 Å². The van der Waals surface area contributed by atoms with Crippen LogP contribution in [0, 0.1) is 11.3 Å². The number of rotatable bonds is 2. The molecule has 0 aliphatic rings. The number of nitriles is 1. The Labute approximate surface area is 145 Å². The van der Waals surface area contributed by atoms with E-state index in [0.717, 1.165) is 17.5 Å². The lowest BCUT2D eigenvalue weighted by molar-refractivity contribution is -0.137. The molecule has 0 saturated carbocycles. The second-order valence-electron chi connectivity index (χ2n) is 5.60. The quantitative estimate of drug-likeness (QED) is 0.584. The predicted octanol–water partition coefficient (Wildman–Crippen LogP) is 4.31. The molecule has 128 valence electrons. The van der Waals surface area contributed by atoms with Crippen molar-refractivity contribution in [2.45, 2.75) is 6.18 Å². The van der Waals surface area contributed by atoms with Crippen molar-refractivity contribution in [2.75, 3.05) is 0 Å². The molecule has 26 heavy (non-hydrogen) atoms. The van der Waals surface area contributed by atoms with Gasteiger partial charge in [0.25, 0.3) is 0 Å². The third-order valence-corrected chi connectivity index (χ3v) is 4.09. The number of aromatic amines is 1. The first-order valence-corrected chi connectivity index (χ1v) is 7.58. The maximum atomic E-state index is 13.0. The van der Waals surface area contributed by atoms with Crippen molar-refractivity contribution in [2.24, 2.45) is 0 Å². The van der Waals surface area contributed by atoms with Crippen LogP contribution in [0.1, 0.15) is 11.3 Å². The van der Waals surface area contributed by atoms with Crippen LogP contribution in [0.15, 0.2) is 54.7 Å². The van der Waals surface area contributed by atoms with Gasteiger partial charge in [-0.3, -0.25) is 0 Å². The number of halogens is 3. The molecule has 0 saturated heterocycles. The zero-order chi connectivity index (χ0) is 18.3. The van der Waals surface area contributed by atoms with E-state index >= 15 is 0 Å². The molecule has 0 fully saturated rings. The molecule has 4 aromatic rings. The third kappa shape index (κ3) is 2.50. The highest BCUT2D eigenvalue weighted by Gasteiger charge is 2.30. The minimum atomic E-state index is -4.41. The van der Waals surface area contributed by atoms with Crippen molar-refractivity contribution in [3.63, 3.8) is 0 Å². The maximum Gasteiger partial charge on any atom is 0.416 e. The van der Waals surface area contributed by atoms with Crippen molar-refractivity contribution < 1.29 is 13.2 Å². The minimum absolute atomic E-state index is 0.157. The van der Waals surface area contributed by atoms with E-state index in [2.05, 4.69) is 15.4 Å². The molecular weight excluding hydrogens is 343 g/mol. The van der Waals surface area contributed by atoms with Gasteiger partial charge in [0.2, 0.25) is 0 Å². The van der Waals surface area contributed by atoms with Gasteiger partial charge in [0.1, 0.15) is 11.8 Å². The summed E-state index contributed by atoms with van der Waals surface area (Å²) in [7, 11) is 0. The summed E-state index contributed by atoms with van der Waals surface area (Å²) in [5, 5.41) is 20.1. The second-order valence-corrected chi connectivity index (χ2v) is 5.60. The Bertz CT molecular complexity index is 1150. The van der Waals surface area contributed by atoms with Crippen LogP contribution in [-0.2, 0) is 6.18 Å². The van der Waals surface area contributed by atoms with Crippen molar-refractivity contribution in [1.29, 1.82) is 5.26 Å². The Balaban J connectivity index is 1.90. The number of aromatic nitrogens is 4. The van der Waals surface area contributed by atoms with Crippen LogP contribution in [0.2, 0.25) is 0 Å². The molecule has 0 unspecified atom stereocenters. The van der Waals surface area contributed by atoms with Crippen molar-refractivity contribution >= 4 is 10.9 Å². The summed E-state index contributed by atoms with van der Waals surface area (Å²) in [5.74, 6) is 0. The van der Waals surface area contributed by atoms with E-state index in [0.29, 0.717) is 22.5 Å². The fourth-order valence-corrected chi connectivity index (χ4v) is 2.93. The van der Waals surface area contributed by atoms with Crippen LogP contribution in [-0.4, -0.2) is 20.0 Å². The molecular formula is C18H10F3N5. The Morgan fingerprint density at radius 1 is 1.04 bits per heavy atom. The molecule has 4 rings (SSSR count). The first-order valence-electron chi connectivity index (χ1n) is 7.58. The largest absolute Gasteiger partial charge is 0.416 e. The van der Waals surface area contributed by atoms with Gasteiger partial charge in [-0.15, -0.1) is 5.10 Å². The van der Waals surface area contributed by atoms with Crippen LogP contribution in [0.4, 0.5) is 13.2 Å². The smallest absolute Gasteiger partial charge is 0.317 e. The highest BCUT2D eigenvalue weighted by molar-refractivity contribution is 5.96. The summed E-state index contributed by atoms with van der Waals surface area (Å²) in [5.41, 5.74) is 1.63. The molecule has 5 nitrogen and oxygen atoms in total. The molecule has 0 aliphatic carbocycles. The van der Waals surface area contributed by atoms with Gasteiger partial charge in [0, 0.05) is 22.8 Å². The van der Waals surface area contributed by atoms with Crippen LogP contribution in [0.3, 0.4) is 0 Å². The summed E-state index contributed by atoms with van der Waals surface area (Å²) in [6, 6.07) is 14.2. The second kappa shape index (κ2) is 5.74. The van der Waals surface area contributed by atoms with Gasteiger partial charge in [-0.1, -0.05) is 18.2 Å². The van der Waals surface area contributed by atoms with Gasteiger partial charge in [-0.25, -0.2) is 0 Å². The normalized spacial score (nSPS) is 11.6. The fourth-order valence-electron chi connectivity index (χ4n) is 2.93. The summed E-state index contributed by atoms with van der Waals surface area (Å²) < 4.78 is 40.7. The van der Waals surface area contributed by atoms with Gasteiger partial charge in [0.05, 0.1) is 11.1 Å². The number of nitrogens with one attached hydrogen (secondary N) is 1. The van der Waals surface area contributed by atoms with Gasteiger partial charge in [-0.2, -0.15) is 28.7 Å². The molecule has 0 spiro atoms. The molecule has 2 heterocycles. The Hall–Kier alpha value is -3.60. The molecule has 0 atom stereocenters. The van der Waals surface area contributed by atoms with Crippen molar-refractivity contribution in [3.05, 3.63) is 66.0 Å². The monoisotopic (exact) mass is 353 g/mol. The number of alkyl halides is 3. The summed E-state index contributed by atoms with van der Waals surface area (Å²) in [6.07, 6.45) is -2.72. The standard InChI is InChI=1S/C18H10F3N5/c19-18(20,21)11-3-1-4-12(9-11)26-8-7-13-14(5-2-6-16(13)26)17-15(10-22)23-25-24-17/h1-9H,(H,23,24,25). The lowest BCUT2D eigenvalue weighted by atomic mass is 10.1. The fraction of sp³-hybridized carbons (Fsp3) is 0.0556. The van der Waals surface area contributed by atoms with Crippen molar-refractivity contribution in [1.82, 2.24) is 20.0 Å². The van der Waals surface area contributed by atoms with Gasteiger partial charge in [0.15, 0.2) is 5.69 Å².